The second-order valence-corrected chi connectivity index (χ2v) is 4.31. The molecule has 0 heterocycles. The van der Waals surface area contributed by atoms with Gasteiger partial charge in [0.05, 0.1) is 0 Å². The first-order valence-corrected chi connectivity index (χ1v) is 5.72. The lowest BCUT2D eigenvalue weighted by atomic mass is 10.0. The standard InChI is InChI=1S/C14H14O5/c15-10-4-3-8(5-11(10)16)1-2-9-6-12(17)14(19)13(18)7-9/h3-7,15-19H,1-2H2. The molecule has 2 rings (SSSR count). The summed E-state index contributed by atoms with van der Waals surface area (Å²) in [6.07, 6.45) is 1.06. The lowest BCUT2D eigenvalue weighted by molar-refractivity contribution is 0.367. The number of aryl methyl sites for hydroxylation is 2. The van der Waals surface area contributed by atoms with Crippen molar-refractivity contribution in [3.05, 3.63) is 41.5 Å². The van der Waals surface area contributed by atoms with Gasteiger partial charge in [-0.05, 0) is 48.2 Å². The highest BCUT2D eigenvalue weighted by molar-refractivity contribution is 5.51. The first kappa shape index (κ1) is 12.9. The third kappa shape index (κ3) is 2.82. The van der Waals surface area contributed by atoms with Crippen molar-refractivity contribution in [3.8, 4) is 28.7 Å². The van der Waals surface area contributed by atoms with Crippen molar-refractivity contribution in [1.82, 2.24) is 0 Å². The highest BCUT2D eigenvalue weighted by Gasteiger charge is 2.08. The zero-order valence-corrected chi connectivity index (χ0v) is 10.0. The van der Waals surface area contributed by atoms with E-state index in [9.17, 15) is 25.5 Å². The van der Waals surface area contributed by atoms with Crippen molar-refractivity contribution in [1.29, 1.82) is 0 Å². The van der Waals surface area contributed by atoms with E-state index in [1.807, 2.05) is 0 Å². The Morgan fingerprint density at radius 1 is 0.579 bits per heavy atom. The summed E-state index contributed by atoms with van der Waals surface area (Å²) in [5.41, 5.74) is 1.46. The van der Waals surface area contributed by atoms with Gasteiger partial charge in [-0.15, -0.1) is 0 Å². The van der Waals surface area contributed by atoms with Crippen molar-refractivity contribution in [3.63, 3.8) is 0 Å². The molecule has 0 aliphatic rings. The van der Waals surface area contributed by atoms with Crippen molar-refractivity contribution < 1.29 is 25.5 Å². The average molecular weight is 262 g/mol. The number of benzene rings is 2. The average Bonchev–Trinajstić information content (AvgIpc) is 2.37. The van der Waals surface area contributed by atoms with Crippen molar-refractivity contribution in [2.75, 3.05) is 0 Å². The molecule has 0 atom stereocenters. The highest BCUT2D eigenvalue weighted by Crippen LogP contribution is 2.35. The lowest BCUT2D eigenvalue weighted by Gasteiger charge is -2.07. The normalized spacial score (nSPS) is 10.5. The zero-order valence-electron chi connectivity index (χ0n) is 10.0. The molecular formula is C14H14O5. The number of phenolic OH excluding ortho intramolecular Hbond substituents is 5. The lowest BCUT2D eigenvalue weighted by Crippen LogP contribution is -1.91. The summed E-state index contributed by atoms with van der Waals surface area (Å²) >= 11 is 0. The molecule has 5 N–H and O–H groups in total. The number of hydrogen-bond acceptors (Lipinski definition) is 5. The van der Waals surface area contributed by atoms with E-state index >= 15 is 0 Å². The fourth-order valence-electron chi connectivity index (χ4n) is 1.82. The van der Waals surface area contributed by atoms with Gasteiger partial charge in [-0.3, -0.25) is 0 Å². The summed E-state index contributed by atoms with van der Waals surface area (Å²) in [4.78, 5) is 0. The summed E-state index contributed by atoms with van der Waals surface area (Å²) in [7, 11) is 0. The van der Waals surface area contributed by atoms with Crippen LogP contribution in [0.3, 0.4) is 0 Å². The Morgan fingerprint density at radius 3 is 1.68 bits per heavy atom. The third-order valence-electron chi connectivity index (χ3n) is 2.87. The molecule has 19 heavy (non-hydrogen) atoms. The number of phenols is 5. The van der Waals surface area contributed by atoms with Gasteiger partial charge in [0.15, 0.2) is 28.7 Å². The molecule has 0 aliphatic carbocycles. The maximum atomic E-state index is 9.38. The summed E-state index contributed by atoms with van der Waals surface area (Å²) in [5, 5.41) is 46.5. The quantitative estimate of drug-likeness (QED) is 0.545. The van der Waals surface area contributed by atoms with E-state index in [0.29, 0.717) is 18.4 Å². The van der Waals surface area contributed by atoms with Crippen LogP contribution in [0.5, 0.6) is 28.7 Å². The van der Waals surface area contributed by atoms with Crippen LogP contribution < -0.4 is 0 Å². The molecule has 2 aromatic rings. The minimum atomic E-state index is -0.536. The van der Waals surface area contributed by atoms with Crippen molar-refractivity contribution in [2.24, 2.45) is 0 Å². The molecule has 0 aromatic heterocycles. The van der Waals surface area contributed by atoms with Gasteiger partial charge in [0, 0.05) is 0 Å². The molecule has 5 nitrogen and oxygen atoms in total. The Hall–Kier alpha value is -2.56. The topological polar surface area (TPSA) is 101 Å². The van der Waals surface area contributed by atoms with Crippen LogP contribution in [-0.2, 0) is 12.8 Å². The van der Waals surface area contributed by atoms with E-state index in [1.54, 1.807) is 6.07 Å². The van der Waals surface area contributed by atoms with Gasteiger partial charge in [0.2, 0.25) is 0 Å². The van der Waals surface area contributed by atoms with Gasteiger partial charge < -0.3 is 25.5 Å². The van der Waals surface area contributed by atoms with Gasteiger partial charge in [0.25, 0.3) is 0 Å². The third-order valence-corrected chi connectivity index (χ3v) is 2.87. The Morgan fingerprint density at radius 2 is 1.11 bits per heavy atom. The monoisotopic (exact) mass is 262 g/mol. The SMILES string of the molecule is Oc1ccc(CCc2cc(O)c(O)c(O)c2)cc1O. The molecule has 5 heteroatoms. The first-order chi connectivity index (χ1) is 8.97. The molecule has 100 valence electrons. The molecule has 0 unspecified atom stereocenters. The van der Waals surface area contributed by atoms with Crippen LogP contribution in [0.4, 0.5) is 0 Å². The highest BCUT2D eigenvalue weighted by atomic mass is 16.3. The molecule has 0 bridgehead atoms. The van der Waals surface area contributed by atoms with Crippen LogP contribution in [-0.4, -0.2) is 25.5 Å². The minimum Gasteiger partial charge on any atom is -0.504 e. The van der Waals surface area contributed by atoms with E-state index in [2.05, 4.69) is 0 Å². The number of aromatic hydroxyl groups is 5. The van der Waals surface area contributed by atoms with E-state index in [-0.39, 0.29) is 23.0 Å². The summed E-state index contributed by atoms with van der Waals surface area (Å²) < 4.78 is 0. The van der Waals surface area contributed by atoms with E-state index in [4.69, 9.17) is 0 Å². The predicted octanol–water partition coefficient (Wildman–Crippen LogP) is 2.00. The fraction of sp³-hybridized carbons (Fsp3) is 0.143. The number of hydrogen-bond donors (Lipinski definition) is 5. The van der Waals surface area contributed by atoms with Gasteiger partial charge >= 0.3 is 0 Å². The van der Waals surface area contributed by atoms with Crippen LogP contribution in [0.1, 0.15) is 11.1 Å². The van der Waals surface area contributed by atoms with Crippen LogP contribution in [0.2, 0.25) is 0 Å². The Balaban J connectivity index is 2.12. The maximum absolute atomic E-state index is 9.38. The van der Waals surface area contributed by atoms with Crippen LogP contribution in [0.25, 0.3) is 0 Å². The smallest absolute Gasteiger partial charge is 0.200 e. The molecule has 0 aliphatic heterocycles. The van der Waals surface area contributed by atoms with E-state index < -0.39 is 5.75 Å². The van der Waals surface area contributed by atoms with Gasteiger partial charge in [-0.25, -0.2) is 0 Å². The van der Waals surface area contributed by atoms with Crippen LogP contribution in [0, 0.1) is 0 Å². The largest absolute Gasteiger partial charge is 0.504 e. The van der Waals surface area contributed by atoms with Crippen LogP contribution in [0.15, 0.2) is 30.3 Å². The zero-order chi connectivity index (χ0) is 14.0. The molecule has 2 aromatic carbocycles. The molecular weight excluding hydrogens is 248 g/mol. The Labute approximate surface area is 109 Å². The van der Waals surface area contributed by atoms with E-state index in [1.165, 1.54) is 24.3 Å². The van der Waals surface area contributed by atoms with Crippen LogP contribution >= 0.6 is 0 Å². The molecule has 0 spiro atoms. The first-order valence-electron chi connectivity index (χ1n) is 5.72. The van der Waals surface area contributed by atoms with E-state index in [0.717, 1.165) is 5.56 Å². The maximum Gasteiger partial charge on any atom is 0.200 e. The van der Waals surface area contributed by atoms with Crippen molar-refractivity contribution in [2.45, 2.75) is 12.8 Å². The Kier molecular flexibility index (Phi) is 3.37. The summed E-state index contributed by atoms with van der Waals surface area (Å²) in [6.45, 7) is 0. The second kappa shape index (κ2) is 4.97. The number of rotatable bonds is 3. The predicted molar refractivity (Wildman–Crippen MR) is 68.6 cm³/mol. The summed E-state index contributed by atoms with van der Waals surface area (Å²) in [5.74, 6) is -1.64. The molecule has 0 saturated carbocycles. The fourth-order valence-corrected chi connectivity index (χ4v) is 1.82. The second-order valence-electron chi connectivity index (χ2n) is 4.31. The Bertz CT molecular complexity index is 584. The molecule has 0 fully saturated rings. The van der Waals surface area contributed by atoms with Gasteiger partial charge in [-0.2, -0.15) is 0 Å². The molecule has 0 amide bonds. The van der Waals surface area contributed by atoms with Gasteiger partial charge in [0.1, 0.15) is 0 Å². The molecule has 0 saturated heterocycles. The van der Waals surface area contributed by atoms with Gasteiger partial charge in [-0.1, -0.05) is 6.07 Å². The molecule has 0 radical (unpaired) electrons. The summed E-state index contributed by atoms with van der Waals surface area (Å²) in [6, 6.07) is 7.27. The van der Waals surface area contributed by atoms with Crippen molar-refractivity contribution >= 4 is 0 Å². The minimum absolute atomic E-state index is 0.177.